The summed E-state index contributed by atoms with van der Waals surface area (Å²) in [5, 5.41) is 3.23. The third-order valence-electron chi connectivity index (χ3n) is 3.58. The van der Waals surface area contributed by atoms with E-state index in [0.717, 1.165) is 25.8 Å². The van der Waals surface area contributed by atoms with Gasteiger partial charge >= 0.3 is 0 Å². The number of hydrogen-bond donors (Lipinski definition) is 1. The molecular formula is C15H21F2NO. The fourth-order valence-corrected chi connectivity index (χ4v) is 2.55. The van der Waals surface area contributed by atoms with Gasteiger partial charge in [-0.3, -0.25) is 0 Å². The zero-order valence-corrected chi connectivity index (χ0v) is 11.5. The standard InChI is InChI=1S/C15H21F2NO/c1-3-8-18-15(12-5-4-9-19-12)13-11(16)7-6-10(2)14(13)17/h6-7,12,15,18H,3-5,8-9H2,1-2H3. The van der Waals surface area contributed by atoms with E-state index < -0.39 is 17.7 Å². The van der Waals surface area contributed by atoms with Gasteiger partial charge in [0.2, 0.25) is 0 Å². The molecule has 1 fully saturated rings. The Morgan fingerprint density at radius 1 is 1.42 bits per heavy atom. The van der Waals surface area contributed by atoms with Gasteiger partial charge in [0.25, 0.3) is 0 Å². The van der Waals surface area contributed by atoms with E-state index in [-0.39, 0.29) is 11.7 Å². The van der Waals surface area contributed by atoms with Crippen molar-refractivity contribution in [3.63, 3.8) is 0 Å². The molecule has 0 radical (unpaired) electrons. The quantitative estimate of drug-likeness (QED) is 0.883. The normalized spacial score (nSPS) is 20.7. The minimum atomic E-state index is -0.493. The summed E-state index contributed by atoms with van der Waals surface area (Å²) in [6.07, 6.45) is 2.56. The molecule has 0 amide bonds. The molecule has 2 unspecified atom stereocenters. The molecule has 0 bridgehead atoms. The van der Waals surface area contributed by atoms with Gasteiger partial charge in [-0.1, -0.05) is 13.0 Å². The molecule has 2 rings (SSSR count). The molecule has 1 aliphatic rings. The van der Waals surface area contributed by atoms with Gasteiger partial charge < -0.3 is 10.1 Å². The van der Waals surface area contributed by atoms with Crippen LogP contribution in [0.4, 0.5) is 8.78 Å². The first-order valence-corrected chi connectivity index (χ1v) is 6.94. The summed E-state index contributed by atoms with van der Waals surface area (Å²) in [6, 6.07) is 2.41. The van der Waals surface area contributed by atoms with Gasteiger partial charge in [0.15, 0.2) is 0 Å². The molecule has 0 saturated carbocycles. The van der Waals surface area contributed by atoms with Crippen molar-refractivity contribution in [1.29, 1.82) is 0 Å². The molecule has 19 heavy (non-hydrogen) atoms. The Hall–Kier alpha value is -1.00. The summed E-state index contributed by atoms with van der Waals surface area (Å²) in [7, 11) is 0. The molecule has 1 heterocycles. The fraction of sp³-hybridized carbons (Fsp3) is 0.600. The second-order valence-electron chi connectivity index (χ2n) is 5.08. The van der Waals surface area contributed by atoms with Gasteiger partial charge in [-0.05, 0) is 44.4 Å². The van der Waals surface area contributed by atoms with Gasteiger partial charge in [0.1, 0.15) is 11.6 Å². The maximum atomic E-state index is 14.3. The summed E-state index contributed by atoms with van der Waals surface area (Å²) in [4.78, 5) is 0. The average molecular weight is 269 g/mol. The van der Waals surface area contributed by atoms with Crippen LogP contribution in [0.1, 0.15) is 43.4 Å². The smallest absolute Gasteiger partial charge is 0.133 e. The Bertz CT molecular complexity index is 430. The lowest BCUT2D eigenvalue weighted by atomic mass is 9.96. The van der Waals surface area contributed by atoms with Crippen LogP contribution < -0.4 is 5.32 Å². The Labute approximate surface area is 113 Å². The second kappa shape index (κ2) is 6.44. The van der Waals surface area contributed by atoms with Gasteiger partial charge in [-0.2, -0.15) is 0 Å². The summed E-state index contributed by atoms with van der Waals surface area (Å²) < 4.78 is 33.9. The van der Waals surface area contributed by atoms with Crippen LogP contribution in [0, 0.1) is 18.6 Å². The molecule has 0 aliphatic carbocycles. The number of benzene rings is 1. The zero-order chi connectivity index (χ0) is 13.8. The molecule has 2 nitrogen and oxygen atoms in total. The second-order valence-corrected chi connectivity index (χ2v) is 5.08. The van der Waals surface area contributed by atoms with E-state index in [4.69, 9.17) is 4.74 Å². The Morgan fingerprint density at radius 2 is 2.21 bits per heavy atom. The molecule has 0 spiro atoms. The molecule has 106 valence electrons. The van der Waals surface area contributed by atoms with Crippen molar-refractivity contribution in [2.75, 3.05) is 13.2 Å². The zero-order valence-electron chi connectivity index (χ0n) is 11.5. The van der Waals surface area contributed by atoms with Crippen LogP contribution in [0.25, 0.3) is 0 Å². The predicted octanol–water partition coefficient (Wildman–Crippen LogP) is 3.49. The van der Waals surface area contributed by atoms with Crippen LogP contribution in [0.15, 0.2) is 12.1 Å². The molecular weight excluding hydrogens is 248 g/mol. The van der Waals surface area contributed by atoms with E-state index >= 15 is 0 Å². The van der Waals surface area contributed by atoms with E-state index in [2.05, 4.69) is 5.32 Å². The van der Waals surface area contributed by atoms with E-state index in [1.807, 2.05) is 6.92 Å². The molecule has 2 atom stereocenters. The van der Waals surface area contributed by atoms with Crippen LogP contribution in [-0.2, 0) is 4.74 Å². The van der Waals surface area contributed by atoms with Crippen LogP contribution in [0.5, 0.6) is 0 Å². The highest BCUT2D eigenvalue weighted by atomic mass is 19.1. The first-order chi connectivity index (χ1) is 9.15. The molecule has 1 aromatic carbocycles. The lowest BCUT2D eigenvalue weighted by molar-refractivity contribution is 0.0758. The lowest BCUT2D eigenvalue weighted by Crippen LogP contribution is -2.34. The van der Waals surface area contributed by atoms with E-state index in [1.54, 1.807) is 6.92 Å². The third-order valence-corrected chi connectivity index (χ3v) is 3.58. The summed E-state index contributed by atoms with van der Waals surface area (Å²) in [5.74, 6) is -0.948. The number of hydrogen-bond acceptors (Lipinski definition) is 2. The first kappa shape index (κ1) is 14.4. The minimum absolute atomic E-state index is 0.125. The van der Waals surface area contributed by atoms with E-state index in [0.29, 0.717) is 12.2 Å². The highest BCUT2D eigenvalue weighted by molar-refractivity contribution is 5.30. The first-order valence-electron chi connectivity index (χ1n) is 6.94. The molecule has 4 heteroatoms. The minimum Gasteiger partial charge on any atom is -0.376 e. The van der Waals surface area contributed by atoms with Crippen molar-refractivity contribution in [1.82, 2.24) is 5.32 Å². The van der Waals surface area contributed by atoms with Gasteiger partial charge in [-0.25, -0.2) is 8.78 Å². The van der Waals surface area contributed by atoms with Crippen LogP contribution >= 0.6 is 0 Å². The van der Waals surface area contributed by atoms with Crippen molar-refractivity contribution >= 4 is 0 Å². The van der Waals surface area contributed by atoms with Gasteiger partial charge in [0.05, 0.1) is 12.1 Å². The van der Waals surface area contributed by atoms with Crippen molar-refractivity contribution < 1.29 is 13.5 Å². The highest BCUT2D eigenvalue weighted by Crippen LogP contribution is 2.31. The van der Waals surface area contributed by atoms with Crippen molar-refractivity contribution in [3.05, 3.63) is 34.9 Å². The SMILES string of the molecule is CCCNC(c1c(F)ccc(C)c1F)C1CCCO1. The molecule has 1 aromatic rings. The lowest BCUT2D eigenvalue weighted by Gasteiger charge is -2.26. The van der Waals surface area contributed by atoms with E-state index in [9.17, 15) is 8.78 Å². The number of aryl methyl sites for hydroxylation is 1. The number of rotatable bonds is 5. The molecule has 1 saturated heterocycles. The highest BCUT2D eigenvalue weighted by Gasteiger charge is 2.31. The third kappa shape index (κ3) is 3.12. The summed E-state index contributed by atoms with van der Waals surface area (Å²) >= 11 is 0. The van der Waals surface area contributed by atoms with E-state index in [1.165, 1.54) is 12.1 Å². The predicted molar refractivity (Wildman–Crippen MR) is 71.1 cm³/mol. The Morgan fingerprint density at radius 3 is 2.84 bits per heavy atom. The monoisotopic (exact) mass is 269 g/mol. The van der Waals surface area contributed by atoms with Crippen molar-refractivity contribution in [2.24, 2.45) is 0 Å². The maximum absolute atomic E-state index is 14.3. The number of ether oxygens (including phenoxy) is 1. The average Bonchev–Trinajstić information content (AvgIpc) is 2.92. The molecule has 1 aliphatic heterocycles. The summed E-state index contributed by atoms with van der Waals surface area (Å²) in [5.41, 5.74) is 0.595. The molecule has 0 aromatic heterocycles. The molecule has 1 N–H and O–H groups in total. The van der Waals surface area contributed by atoms with Crippen LogP contribution in [0.3, 0.4) is 0 Å². The number of nitrogens with one attached hydrogen (secondary N) is 1. The van der Waals surface area contributed by atoms with Crippen LogP contribution in [-0.4, -0.2) is 19.3 Å². The van der Waals surface area contributed by atoms with Gasteiger partial charge in [0, 0.05) is 12.2 Å². The fourth-order valence-electron chi connectivity index (χ4n) is 2.55. The van der Waals surface area contributed by atoms with Crippen LogP contribution in [0.2, 0.25) is 0 Å². The largest absolute Gasteiger partial charge is 0.376 e. The Balaban J connectivity index is 2.33. The summed E-state index contributed by atoms with van der Waals surface area (Å²) in [6.45, 7) is 5.08. The topological polar surface area (TPSA) is 21.3 Å². The van der Waals surface area contributed by atoms with Gasteiger partial charge in [-0.15, -0.1) is 0 Å². The number of halogens is 2. The van der Waals surface area contributed by atoms with Crippen molar-refractivity contribution in [3.8, 4) is 0 Å². The maximum Gasteiger partial charge on any atom is 0.133 e. The van der Waals surface area contributed by atoms with Crippen molar-refractivity contribution in [2.45, 2.75) is 45.3 Å². The Kier molecular flexibility index (Phi) is 4.88.